The highest BCUT2D eigenvalue weighted by molar-refractivity contribution is 7.92. The lowest BCUT2D eigenvalue weighted by molar-refractivity contribution is -0.119. The highest BCUT2D eigenvalue weighted by Gasteiger charge is 2.30. The molecule has 6 heteroatoms. The number of hydrogen-bond acceptors (Lipinski definition) is 3. The smallest absolute Gasteiger partial charge is 0.235 e. The van der Waals surface area contributed by atoms with Gasteiger partial charge >= 0.3 is 0 Å². The molecule has 1 aromatic carbocycles. The van der Waals surface area contributed by atoms with Gasteiger partial charge in [0, 0.05) is 0 Å². The Morgan fingerprint density at radius 3 is 2.82 bits per heavy atom. The Bertz CT molecular complexity index is 657. The molecule has 22 heavy (non-hydrogen) atoms. The lowest BCUT2D eigenvalue weighted by Gasteiger charge is -2.32. The molecule has 0 unspecified atom stereocenters. The van der Waals surface area contributed by atoms with Crippen LogP contribution < -0.4 is 5.32 Å². The van der Waals surface area contributed by atoms with Crippen molar-refractivity contribution in [2.45, 2.75) is 39.2 Å². The Morgan fingerprint density at radius 2 is 2.14 bits per heavy atom. The van der Waals surface area contributed by atoms with Crippen molar-refractivity contribution in [3.63, 3.8) is 0 Å². The number of halogens is 1. The lowest BCUT2D eigenvalue weighted by atomic mass is 9.80. The Labute approximate surface area is 131 Å². The minimum absolute atomic E-state index is 0.00581. The standard InChI is InChI=1S/C16H22FNO3S/c1-3-9-22(20,21)10-15(19)18-16-11(2)7-8-12-13(16)5-4-6-14(12)17/h4-6,11,16H,3,7-10H2,1-2H3,(H,18,19)/t11-,16-/m0/s1. The molecule has 1 aliphatic carbocycles. The van der Waals surface area contributed by atoms with Gasteiger partial charge in [0.15, 0.2) is 9.84 Å². The fraction of sp³-hybridized carbons (Fsp3) is 0.562. The number of hydrogen-bond donors (Lipinski definition) is 1. The van der Waals surface area contributed by atoms with Gasteiger partial charge in [0.1, 0.15) is 11.6 Å². The van der Waals surface area contributed by atoms with E-state index in [1.807, 2.05) is 6.92 Å². The van der Waals surface area contributed by atoms with Gasteiger partial charge in [0.2, 0.25) is 5.91 Å². The summed E-state index contributed by atoms with van der Waals surface area (Å²) in [6, 6.07) is 4.52. The van der Waals surface area contributed by atoms with Crippen LogP contribution in [0.15, 0.2) is 18.2 Å². The molecule has 1 aliphatic rings. The van der Waals surface area contributed by atoms with E-state index in [4.69, 9.17) is 0 Å². The summed E-state index contributed by atoms with van der Waals surface area (Å²) >= 11 is 0. The minimum Gasteiger partial charge on any atom is -0.348 e. The zero-order valence-electron chi connectivity index (χ0n) is 12.9. The average molecular weight is 327 g/mol. The lowest BCUT2D eigenvalue weighted by Crippen LogP contribution is -2.39. The molecule has 0 fully saturated rings. The molecular weight excluding hydrogens is 305 g/mol. The van der Waals surface area contributed by atoms with Crippen LogP contribution in [0.25, 0.3) is 0 Å². The summed E-state index contributed by atoms with van der Waals surface area (Å²) in [5, 5.41) is 2.78. The van der Waals surface area contributed by atoms with E-state index >= 15 is 0 Å². The monoisotopic (exact) mass is 327 g/mol. The number of sulfone groups is 1. The Hall–Kier alpha value is -1.43. The zero-order chi connectivity index (χ0) is 16.3. The summed E-state index contributed by atoms with van der Waals surface area (Å²) in [4.78, 5) is 12.1. The van der Waals surface area contributed by atoms with Gasteiger partial charge in [-0.25, -0.2) is 12.8 Å². The van der Waals surface area contributed by atoms with Gasteiger partial charge < -0.3 is 5.32 Å². The zero-order valence-corrected chi connectivity index (χ0v) is 13.7. The quantitative estimate of drug-likeness (QED) is 0.903. The molecule has 0 saturated carbocycles. The van der Waals surface area contributed by atoms with Crippen molar-refractivity contribution in [1.29, 1.82) is 0 Å². The van der Waals surface area contributed by atoms with Crippen LogP contribution in [0.4, 0.5) is 4.39 Å². The molecule has 0 spiro atoms. The van der Waals surface area contributed by atoms with Crippen LogP contribution in [0, 0.1) is 11.7 Å². The van der Waals surface area contributed by atoms with Crippen LogP contribution in [0.3, 0.4) is 0 Å². The van der Waals surface area contributed by atoms with Crippen LogP contribution in [0.1, 0.15) is 43.9 Å². The molecule has 0 radical (unpaired) electrons. The highest BCUT2D eigenvalue weighted by atomic mass is 32.2. The van der Waals surface area contributed by atoms with Crippen LogP contribution in [-0.4, -0.2) is 25.8 Å². The topological polar surface area (TPSA) is 63.2 Å². The molecule has 2 rings (SSSR count). The summed E-state index contributed by atoms with van der Waals surface area (Å²) < 4.78 is 37.4. The molecule has 0 aromatic heterocycles. The molecule has 1 aromatic rings. The first-order valence-corrected chi connectivity index (χ1v) is 9.43. The van der Waals surface area contributed by atoms with Crippen molar-refractivity contribution < 1.29 is 17.6 Å². The van der Waals surface area contributed by atoms with Crippen LogP contribution >= 0.6 is 0 Å². The summed E-state index contributed by atoms with van der Waals surface area (Å²) in [5.41, 5.74) is 1.39. The van der Waals surface area contributed by atoms with Gasteiger partial charge in [-0.2, -0.15) is 0 Å². The first-order chi connectivity index (χ1) is 10.3. The maximum atomic E-state index is 13.9. The number of amides is 1. The minimum atomic E-state index is -3.37. The van der Waals surface area contributed by atoms with E-state index in [1.165, 1.54) is 6.07 Å². The molecule has 1 amide bonds. The predicted molar refractivity (Wildman–Crippen MR) is 83.7 cm³/mol. The van der Waals surface area contributed by atoms with Crippen LogP contribution in [0.5, 0.6) is 0 Å². The predicted octanol–water partition coefficient (Wildman–Crippen LogP) is 2.39. The van der Waals surface area contributed by atoms with Crippen molar-refractivity contribution in [1.82, 2.24) is 5.32 Å². The molecule has 0 heterocycles. The van der Waals surface area contributed by atoms with Crippen molar-refractivity contribution >= 4 is 15.7 Å². The van der Waals surface area contributed by atoms with Crippen LogP contribution in [-0.2, 0) is 21.1 Å². The SMILES string of the molecule is CCCS(=O)(=O)CC(=O)N[C@@H]1c2cccc(F)c2CC[C@@H]1C. The van der Waals surface area contributed by atoms with Crippen LogP contribution in [0.2, 0.25) is 0 Å². The number of nitrogens with one attached hydrogen (secondary N) is 1. The maximum Gasteiger partial charge on any atom is 0.235 e. The largest absolute Gasteiger partial charge is 0.348 e. The third-order valence-corrected chi connectivity index (χ3v) is 5.82. The second-order valence-electron chi connectivity index (χ2n) is 5.96. The summed E-state index contributed by atoms with van der Waals surface area (Å²) in [7, 11) is -3.37. The first-order valence-electron chi connectivity index (χ1n) is 7.61. The number of fused-ring (bicyclic) bond motifs is 1. The van der Waals surface area contributed by atoms with Gasteiger partial charge in [-0.15, -0.1) is 0 Å². The molecule has 0 saturated heterocycles. The molecule has 0 aliphatic heterocycles. The third kappa shape index (κ3) is 3.85. The summed E-state index contributed by atoms with van der Waals surface area (Å²) in [6.07, 6.45) is 1.90. The van der Waals surface area contributed by atoms with Gasteiger partial charge in [-0.1, -0.05) is 26.0 Å². The Balaban J connectivity index is 2.16. The van der Waals surface area contributed by atoms with E-state index in [0.29, 0.717) is 18.4 Å². The number of carbonyl (C=O) groups is 1. The first kappa shape index (κ1) is 16.9. The third-order valence-electron chi connectivity index (χ3n) is 4.09. The van der Waals surface area contributed by atoms with Gasteiger partial charge in [0.25, 0.3) is 0 Å². The molecule has 0 bridgehead atoms. The maximum absolute atomic E-state index is 13.9. The van der Waals surface area contributed by atoms with Gasteiger partial charge in [-0.05, 0) is 42.4 Å². The van der Waals surface area contributed by atoms with Crippen molar-refractivity contribution in [3.8, 4) is 0 Å². The van der Waals surface area contributed by atoms with Crippen molar-refractivity contribution in [2.24, 2.45) is 5.92 Å². The second kappa shape index (κ2) is 6.77. The van der Waals surface area contributed by atoms with Crippen molar-refractivity contribution in [3.05, 3.63) is 35.1 Å². The average Bonchev–Trinajstić information content (AvgIpc) is 2.41. The van der Waals surface area contributed by atoms with E-state index in [1.54, 1.807) is 19.1 Å². The number of benzene rings is 1. The number of carbonyl (C=O) groups excluding carboxylic acids is 1. The normalized spacial score (nSPS) is 21.2. The molecule has 122 valence electrons. The van der Waals surface area contributed by atoms with E-state index in [-0.39, 0.29) is 23.5 Å². The fourth-order valence-electron chi connectivity index (χ4n) is 2.99. The van der Waals surface area contributed by atoms with Gasteiger partial charge in [0.05, 0.1) is 11.8 Å². The Kier molecular flexibility index (Phi) is 5.21. The molecular formula is C16H22FNO3S. The second-order valence-corrected chi connectivity index (χ2v) is 8.14. The van der Waals surface area contributed by atoms with Gasteiger partial charge in [-0.3, -0.25) is 4.79 Å². The Morgan fingerprint density at radius 1 is 1.41 bits per heavy atom. The number of rotatable bonds is 5. The molecule has 1 N–H and O–H groups in total. The van der Waals surface area contributed by atoms with E-state index in [2.05, 4.69) is 5.32 Å². The highest BCUT2D eigenvalue weighted by Crippen LogP contribution is 2.35. The fourth-order valence-corrected chi connectivity index (χ4v) is 4.24. The summed E-state index contributed by atoms with van der Waals surface area (Å²) in [5.74, 6) is -1.13. The van der Waals surface area contributed by atoms with E-state index in [0.717, 1.165) is 12.0 Å². The summed E-state index contributed by atoms with van der Waals surface area (Å²) in [6.45, 7) is 3.75. The van der Waals surface area contributed by atoms with E-state index < -0.39 is 21.5 Å². The van der Waals surface area contributed by atoms with Crippen molar-refractivity contribution in [2.75, 3.05) is 11.5 Å². The van der Waals surface area contributed by atoms with E-state index in [9.17, 15) is 17.6 Å². The molecule has 2 atom stereocenters. The molecule has 4 nitrogen and oxygen atoms in total.